The first-order valence-electron chi connectivity index (χ1n) is 9.22. The van der Waals surface area contributed by atoms with Crippen LogP contribution >= 0.6 is 0 Å². The number of carboxylic acids is 1. The lowest BCUT2D eigenvalue weighted by atomic mass is 9.73. The van der Waals surface area contributed by atoms with E-state index in [-0.39, 0.29) is 11.8 Å². The van der Waals surface area contributed by atoms with E-state index in [1.54, 1.807) is 18.0 Å². The molecular formula is C20H19FN2O5. The van der Waals surface area contributed by atoms with Gasteiger partial charge in [0.25, 0.3) is 0 Å². The highest BCUT2D eigenvalue weighted by molar-refractivity contribution is 6.04. The smallest absolute Gasteiger partial charge is 0.310 e. The van der Waals surface area contributed by atoms with Crippen molar-refractivity contribution in [1.29, 1.82) is 0 Å². The van der Waals surface area contributed by atoms with Gasteiger partial charge in [0.1, 0.15) is 17.3 Å². The number of ether oxygens (including phenoxy) is 1. The van der Waals surface area contributed by atoms with Crippen molar-refractivity contribution in [3.63, 3.8) is 0 Å². The summed E-state index contributed by atoms with van der Waals surface area (Å²) >= 11 is 0. The number of benzene rings is 1. The van der Waals surface area contributed by atoms with Gasteiger partial charge >= 0.3 is 5.97 Å². The molecule has 0 aromatic heterocycles. The lowest BCUT2D eigenvalue weighted by Crippen LogP contribution is -2.50. The maximum Gasteiger partial charge on any atom is 0.310 e. The Morgan fingerprint density at radius 3 is 2.82 bits per heavy atom. The van der Waals surface area contributed by atoms with Crippen molar-refractivity contribution in [2.45, 2.75) is 37.1 Å². The fourth-order valence-electron chi connectivity index (χ4n) is 5.44. The van der Waals surface area contributed by atoms with Gasteiger partial charge in [-0.3, -0.25) is 14.4 Å². The second-order valence-electron chi connectivity index (χ2n) is 7.95. The van der Waals surface area contributed by atoms with Gasteiger partial charge in [0.2, 0.25) is 11.8 Å². The summed E-state index contributed by atoms with van der Waals surface area (Å²) in [6.45, 7) is 1.43. The highest BCUT2D eigenvalue weighted by Crippen LogP contribution is 2.59. The number of halogens is 1. The van der Waals surface area contributed by atoms with Crippen LogP contribution in [0, 0.1) is 17.7 Å². The van der Waals surface area contributed by atoms with Crippen LogP contribution in [0.2, 0.25) is 0 Å². The molecule has 4 aliphatic heterocycles. The number of carboxylic acid groups (broad SMARTS) is 1. The second-order valence-corrected chi connectivity index (χ2v) is 7.95. The standard InChI is InChI=1S/C20H19FN2O5/c1-9(24)22(2)13-8-15-20-6-5-14(28-20)16(19(26)27)17(20)18(25)23(15)12-4-3-10(21)7-11(12)13/h3-7,13-17H,8H2,1-2H3,(H,26,27)/t13-,14-,15-,16-,17+,20-/m0/s1. The first kappa shape index (κ1) is 17.4. The third kappa shape index (κ3) is 1.93. The molecule has 2 bridgehead atoms. The van der Waals surface area contributed by atoms with E-state index >= 15 is 0 Å². The van der Waals surface area contributed by atoms with Crippen molar-refractivity contribution < 1.29 is 28.6 Å². The van der Waals surface area contributed by atoms with Crippen molar-refractivity contribution in [3.8, 4) is 0 Å². The molecule has 7 nitrogen and oxygen atoms in total. The van der Waals surface area contributed by atoms with Gasteiger partial charge in [-0.1, -0.05) is 12.2 Å². The van der Waals surface area contributed by atoms with Crippen LogP contribution in [0.25, 0.3) is 0 Å². The summed E-state index contributed by atoms with van der Waals surface area (Å²) in [7, 11) is 1.64. The summed E-state index contributed by atoms with van der Waals surface area (Å²) in [5.74, 6) is -3.79. The molecule has 2 amide bonds. The van der Waals surface area contributed by atoms with Gasteiger partial charge in [0, 0.05) is 25.2 Å². The molecule has 1 N–H and O–H groups in total. The second kappa shape index (κ2) is 5.41. The largest absolute Gasteiger partial charge is 0.481 e. The summed E-state index contributed by atoms with van der Waals surface area (Å²) in [4.78, 5) is 40.3. The van der Waals surface area contributed by atoms with E-state index in [9.17, 15) is 23.9 Å². The maximum absolute atomic E-state index is 14.0. The normalized spacial score (nSPS) is 36.9. The zero-order chi connectivity index (χ0) is 20.0. The van der Waals surface area contributed by atoms with Gasteiger partial charge in [0.15, 0.2) is 0 Å². The van der Waals surface area contributed by atoms with Crippen LogP contribution in [0.3, 0.4) is 0 Å². The Morgan fingerprint density at radius 2 is 2.14 bits per heavy atom. The van der Waals surface area contributed by atoms with Crippen LogP contribution < -0.4 is 4.90 Å². The number of aliphatic carboxylic acids is 1. The van der Waals surface area contributed by atoms with Gasteiger partial charge in [-0.25, -0.2) is 4.39 Å². The van der Waals surface area contributed by atoms with Crippen molar-refractivity contribution in [2.75, 3.05) is 11.9 Å². The third-order valence-corrected chi connectivity index (χ3v) is 6.73. The Bertz CT molecular complexity index is 962. The van der Waals surface area contributed by atoms with Crippen molar-refractivity contribution >= 4 is 23.5 Å². The number of carbonyl (C=O) groups excluding carboxylic acids is 2. The average molecular weight is 386 g/mol. The summed E-state index contributed by atoms with van der Waals surface area (Å²) in [5.41, 5.74) is 0.0189. The maximum atomic E-state index is 14.0. The van der Waals surface area contributed by atoms with E-state index < -0.39 is 47.4 Å². The molecule has 4 heterocycles. The number of rotatable bonds is 2. The number of amides is 2. The van der Waals surface area contributed by atoms with E-state index in [4.69, 9.17) is 4.74 Å². The Morgan fingerprint density at radius 1 is 1.39 bits per heavy atom. The minimum Gasteiger partial charge on any atom is -0.481 e. The fraction of sp³-hybridized carbons (Fsp3) is 0.450. The molecule has 1 aromatic rings. The third-order valence-electron chi connectivity index (χ3n) is 6.73. The van der Waals surface area contributed by atoms with Gasteiger partial charge in [-0.05, 0) is 24.6 Å². The Kier molecular flexibility index (Phi) is 3.35. The molecule has 1 aromatic carbocycles. The summed E-state index contributed by atoms with van der Waals surface area (Å²) in [5, 5.41) is 9.69. The first-order chi connectivity index (χ1) is 13.3. The van der Waals surface area contributed by atoms with Crippen LogP contribution in [0.4, 0.5) is 10.1 Å². The molecule has 146 valence electrons. The van der Waals surface area contributed by atoms with Crippen LogP contribution in [0.5, 0.6) is 0 Å². The lowest BCUT2D eigenvalue weighted by Gasteiger charge is -2.43. The highest BCUT2D eigenvalue weighted by atomic mass is 19.1. The first-order valence-corrected chi connectivity index (χ1v) is 9.22. The van der Waals surface area contributed by atoms with E-state index in [0.29, 0.717) is 17.7 Å². The van der Waals surface area contributed by atoms with Crippen molar-refractivity contribution in [1.82, 2.24) is 4.90 Å². The van der Waals surface area contributed by atoms with Crippen LogP contribution in [0.1, 0.15) is 24.9 Å². The van der Waals surface area contributed by atoms with Gasteiger partial charge in [-0.15, -0.1) is 0 Å². The molecule has 2 saturated heterocycles. The Hall–Kier alpha value is -2.74. The number of hydrogen-bond acceptors (Lipinski definition) is 4. The molecule has 28 heavy (non-hydrogen) atoms. The number of carbonyl (C=O) groups is 3. The number of fused-ring (bicyclic) bond motifs is 4. The van der Waals surface area contributed by atoms with E-state index in [2.05, 4.69) is 0 Å². The minimum absolute atomic E-state index is 0.178. The van der Waals surface area contributed by atoms with Crippen LogP contribution in [0.15, 0.2) is 30.4 Å². The number of nitrogens with zero attached hydrogens (tertiary/aromatic N) is 2. The van der Waals surface area contributed by atoms with E-state index in [1.807, 2.05) is 6.08 Å². The van der Waals surface area contributed by atoms with E-state index in [1.165, 1.54) is 30.0 Å². The molecule has 6 atom stereocenters. The minimum atomic E-state index is -1.06. The van der Waals surface area contributed by atoms with Gasteiger partial charge in [-0.2, -0.15) is 0 Å². The molecule has 0 aliphatic carbocycles. The average Bonchev–Trinajstić information content (AvgIpc) is 3.29. The van der Waals surface area contributed by atoms with Gasteiger partial charge in [0.05, 0.1) is 24.1 Å². The number of hydrogen-bond donors (Lipinski definition) is 1. The predicted octanol–water partition coefficient (Wildman–Crippen LogP) is 1.49. The molecule has 2 fully saturated rings. The summed E-state index contributed by atoms with van der Waals surface area (Å²) < 4.78 is 20.1. The summed E-state index contributed by atoms with van der Waals surface area (Å²) in [6.07, 6.45) is 3.24. The Balaban J connectivity index is 1.68. The molecule has 0 saturated carbocycles. The topological polar surface area (TPSA) is 87.2 Å². The Labute approximate surface area is 160 Å². The van der Waals surface area contributed by atoms with Crippen molar-refractivity contribution in [3.05, 3.63) is 41.7 Å². The SMILES string of the molecule is CC(=O)N(C)[C@H]1C[C@@H]2N(C(=O)[C@H]3[C@@H](C(=O)O)[C@@H]4C=C[C@]23O4)c2ccc(F)cc21. The number of anilines is 1. The van der Waals surface area contributed by atoms with E-state index in [0.717, 1.165) is 0 Å². The molecule has 0 radical (unpaired) electrons. The quantitative estimate of drug-likeness (QED) is 0.779. The highest BCUT2D eigenvalue weighted by Gasteiger charge is 2.72. The van der Waals surface area contributed by atoms with Crippen LogP contribution in [-0.4, -0.2) is 52.6 Å². The lowest BCUT2D eigenvalue weighted by molar-refractivity contribution is -0.146. The predicted molar refractivity (Wildman–Crippen MR) is 94.8 cm³/mol. The molecule has 5 rings (SSSR count). The monoisotopic (exact) mass is 386 g/mol. The van der Waals surface area contributed by atoms with Crippen molar-refractivity contribution in [2.24, 2.45) is 11.8 Å². The molecule has 8 heteroatoms. The molecule has 1 spiro atoms. The summed E-state index contributed by atoms with van der Waals surface area (Å²) in [6, 6.07) is 3.25. The zero-order valence-corrected chi connectivity index (χ0v) is 15.3. The molecule has 4 aliphatic rings. The fourth-order valence-corrected chi connectivity index (χ4v) is 5.44. The molecule has 0 unspecified atom stereocenters. The van der Waals surface area contributed by atoms with Crippen LogP contribution in [-0.2, 0) is 19.1 Å². The van der Waals surface area contributed by atoms with Gasteiger partial charge < -0.3 is 19.6 Å². The zero-order valence-electron chi connectivity index (χ0n) is 15.3. The molecular weight excluding hydrogens is 367 g/mol.